The van der Waals surface area contributed by atoms with Gasteiger partial charge in [-0.15, -0.1) is 17.0 Å². The molecule has 0 aromatic rings. The number of nitrogens with two attached hydrogens (primary N) is 1. The van der Waals surface area contributed by atoms with E-state index in [9.17, 15) is 0 Å². The molecule has 0 aromatic carbocycles. The molecule has 0 fully saturated rings. The van der Waals surface area contributed by atoms with E-state index in [1.54, 1.807) is 0 Å². The van der Waals surface area contributed by atoms with E-state index >= 15 is 0 Å². The lowest BCUT2D eigenvalue weighted by Gasteiger charge is -1.88. The molecule has 0 aliphatic heterocycles. The van der Waals surface area contributed by atoms with Crippen LogP contribution in [0.4, 0.5) is 0 Å². The maximum atomic E-state index is 8.15. The van der Waals surface area contributed by atoms with Gasteiger partial charge in [-0.3, -0.25) is 0 Å². The third kappa shape index (κ3) is 8.86. The summed E-state index contributed by atoms with van der Waals surface area (Å²) in [6.45, 7) is 0.278. The van der Waals surface area contributed by atoms with Gasteiger partial charge in [-0.2, -0.15) is 0 Å². The van der Waals surface area contributed by atoms with Gasteiger partial charge in [0.25, 0.3) is 0 Å². The molecule has 4 heteroatoms. The van der Waals surface area contributed by atoms with Crippen molar-refractivity contribution < 1.29 is 5.11 Å². The van der Waals surface area contributed by atoms with E-state index in [-0.39, 0.29) is 23.5 Å². The first-order chi connectivity index (χ1) is 2.27. The lowest BCUT2D eigenvalue weighted by Crippen LogP contribution is -2.11. The Bertz CT molecular complexity index is 25.5. The number of hydrogen-bond donors (Lipinski definition) is 2. The van der Waals surface area contributed by atoms with Gasteiger partial charge in [-0.1, -0.05) is 15.9 Å². The normalized spacial score (nSPS) is 12.5. The predicted molar refractivity (Wildman–Crippen MR) is 34.3 cm³/mol. The first-order valence-corrected chi connectivity index (χ1v) is 2.21. The molecule has 0 aliphatic carbocycles. The fourth-order valence-electron chi connectivity index (χ4n) is 0. The van der Waals surface area contributed by atoms with Gasteiger partial charge in [-0.05, 0) is 0 Å². The Hall–Kier alpha value is 0.880. The summed E-state index contributed by atoms with van der Waals surface area (Å²) in [4.78, 5) is 0. The first kappa shape index (κ1) is 9.99. The Balaban J connectivity index is 0. The zero-order valence-electron chi connectivity index (χ0n) is 3.10. The fourth-order valence-corrected chi connectivity index (χ4v) is 0. The Kier molecular flexibility index (Phi) is 9.79. The van der Waals surface area contributed by atoms with Crippen LogP contribution in [0.25, 0.3) is 0 Å². The summed E-state index contributed by atoms with van der Waals surface area (Å²) in [5, 5.41) is 7.63. The summed E-state index contributed by atoms with van der Waals surface area (Å²) >= 11 is 2.80. The standard InChI is InChI=1S/C2H6BrNO.BrH/c3-2(5)1-4;/h2,5H,1,4H2;1H. The van der Waals surface area contributed by atoms with Crippen LogP contribution in [-0.4, -0.2) is 16.7 Å². The van der Waals surface area contributed by atoms with E-state index in [4.69, 9.17) is 10.8 Å². The van der Waals surface area contributed by atoms with Gasteiger partial charge >= 0.3 is 0 Å². The zero-order valence-corrected chi connectivity index (χ0v) is 6.39. The summed E-state index contributed by atoms with van der Waals surface area (Å²) in [5.41, 5.74) is 4.87. The van der Waals surface area contributed by atoms with Crippen LogP contribution in [0, 0.1) is 0 Å². The lowest BCUT2D eigenvalue weighted by molar-refractivity contribution is 0.278. The minimum atomic E-state index is -0.525. The number of hydrogen-bond acceptors (Lipinski definition) is 2. The highest BCUT2D eigenvalue weighted by molar-refractivity contribution is 9.09. The van der Waals surface area contributed by atoms with Crippen molar-refractivity contribution in [3.63, 3.8) is 0 Å². The molecule has 3 N–H and O–H groups in total. The molecule has 2 nitrogen and oxygen atoms in total. The van der Waals surface area contributed by atoms with Crippen LogP contribution in [0.1, 0.15) is 0 Å². The first-order valence-electron chi connectivity index (χ1n) is 1.29. The van der Waals surface area contributed by atoms with Crippen LogP contribution in [0.2, 0.25) is 0 Å². The Morgan fingerprint density at radius 2 is 2.00 bits per heavy atom. The number of aliphatic hydroxyl groups excluding tert-OH is 1. The molecule has 0 amide bonds. The Labute approximate surface area is 55.6 Å². The van der Waals surface area contributed by atoms with Gasteiger partial charge in [0.05, 0.1) is 0 Å². The van der Waals surface area contributed by atoms with E-state index in [0.717, 1.165) is 0 Å². The molecule has 40 valence electrons. The second-order valence-corrected chi connectivity index (χ2v) is 1.73. The van der Waals surface area contributed by atoms with Crippen molar-refractivity contribution in [2.24, 2.45) is 5.73 Å². The van der Waals surface area contributed by atoms with E-state index in [1.165, 1.54) is 0 Å². The SMILES string of the molecule is Br.NCC(O)Br. The van der Waals surface area contributed by atoms with E-state index in [0.29, 0.717) is 0 Å². The molecule has 1 unspecified atom stereocenters. The van der Waals surface area contributed by atoms with Crippen molar-refractivity contribution >= 4 is 32.9 Å². The van der Waals surface area contributed by atoms with Gasteiger partial charge in [0.1, 0.15) is 5.01 Å². The van der Waals surface area contributed by atoms with Gasteiger partial charge in [0.2, 0.25) is 0 Å². The molecule has 0 aromatic heterocycles. The van der Waals surface area contributed by atoms with Crippen LogP contribution in [0.5, 0.6) is 0 Å². The molecule has 0 saturated heterocycles. The summed E-state index contributed by atoms with van der Waals surface area (Å²) < 4.78 is 0. The lowest BCUT2D eigenvalue weighted by atomic mass is 10.8. The predicted octanol–water partition coefficient (Wildman–Crippen LogP) is 0.236. The van der Waals surface area contributed by atoms with Crippen LogP contribution < -0.4 is 5.73 Å². The van der Waals surface area contributed by atoms with Crippen molar-refractivity contribution in [3.05, 3.63) is 0 Å². The molecule has 6 heavy (non-hydrogen) atoms. The minimum Gasteiger partial charge on any atom is -0.381 e. The highest BCUT2D eigenvalue weighted by Gasteiger charge is 1.84. The van der Waals surface area contributed by atoms with Crippen molar-refractivity contribution in [2.75, 3.05) is 6.54 Å². The van der Waals surface area contributed by atoms with Crippen LogP contribution >= 0.6 is 32.9 Å². The third-order valence-corrected chi connectivity index (χ3v) is 0.568. The zero-order chi connectivity index (χ0) is 4.28. The van der Waals surface area contributed by atoms with Crippen molar-refractivity contribution in [2.45, 2.75) is 5.01 Å². The number of alkyl halides is 1. The Morgan fingerprint density at radius 1 is 1.83 bits per heavy atom. The van der Waals surface area contributed by atoms with Gasteiger partial charge in [-0.25, -0.2) is 0 Å². The molecular formula is C2H7Br2NO. The minimum absolute atomic E-state index is 0. The van der Waals surface area contributed by atoms with Crippen LogP contribution in [0.3, 0.4) is 0 Å². The fraction of sp³-hybridized carbons (Fsp3) is 1.00. The largest absolute Gasteiger partial charge is 0.381 e. The number of rotatable bonds is 1. The average molecular weight is 221 g/mol. The maximum absolute atomic E-state index is 8.15. The second-order valence-electron chi connectivity index (χ2n) is 0.670. The molecular weight excluding hydrogens is 214 g/mol. The molecule has 0 saturated carbocycles. The molecule has 0 spiro atoms. The van der Waals surface area contributed by atoms with Crippen LogP contribution in [-0.2, 0) is 0 Å². The number of halogens is 2. The molecule has 0 aliphatic rings. The topological polar surface area (TPSA) is 46.2 Å². The van der Waals surface area contributed by atoms with E-state index in [2.05, 4.69) is 15.9 Å². The smallest absolute Gasteiger partial charge is 0.121 e. The highest BCUT2D eigenvalue weighted by Crippen LogP contribution is 1.85. The maximum Gasteiger partial charge on any atom is 0.121 e. The molecule has 0 heterocycles. The van der Waals surface area contributed by atoms with Gasteiger partial charge in [0, 0.05) is 6.54 Å². The summed E-state index contributed by atoms with van der Waals surface area (Å²) in [6, 6.07) is 0. The number of aliphatic hydroxyl groups is 1. The van der Waals surface area contributed by atoms with E-state index < -0.39 is 5.01 Å². The molecule has 1 atom stereocenters. The van der Waals surface area contributed by atoms with E-state index in [1.807, 2.05) is 0 Å². The van der Waals surface area contributed by atoms with Gasteiger partial charge < -0.3 is 10.8 Å². The molecule has 0 rings (SSSR count). The average Bonchev–Trinajstić information content (AvgIpc) is 1.38. The second kappa shape index (κ2) is 5.88. The highest BCUT2D eigenvalue weighted by atomic mass is 79.9. The summed E-state index contributed by atoms with van der Waals surface area (Å²) in [7, 11) is 0. The molecule has 0 radical (unpaired) electrons. The van der Waals surface area contributed by atoms with Crippen LogP contribution in [0.15, 0.2) is 0 Å². The molecule has 0 bridgehead atoms. The monoisotopic (exact) mass is 219 g/mol. The van der Waals surface area contributed by atoms with Crippen molar-refractivity contribution in [3.8, 4) is 0 Å². The third-order valence-electron chi connectivity index (χ3n) is 0.194. The summed E-state index contributed by atoms with van der Waals surface area (Å²) in [6.07, 6.45) is 0. The Morgan fingerprint density at radius 3 is 2.00 bits per heavy atom. The van der Waals surface area contributed by atoms with Crippen molar-refractivity contribution in [1.29, 1.82) is 0 Å². The van der Waals surface area contributed by atoms with Crippen molar-refractivity contribution in [1.82, 2.24) is 0 Å². The summed E-state index contributed by atoms with van der Waals surface area (Å²) in [5.74, 6) is 0. The van der Waals surface area contributed by atoms with Gasteiger partial charge in [0.15, 0.2) is 0 Å². The quantitative estimate of drug-likeness (QED) is 0.622.